The van der Waals surface area contributed by atoms with Gasteiger partial charge in [-0.3, -0.25) is 0 Å². The van der Waals surface area contributed by atoms with Crippen LogP contribution in [0, 0.1) is 27.9 Å². The fourth-order valence-corrected chi connectivity index (χ4v) is 4.17. The minimum absolute atomic E-state index is 0.247. The molecule has 4 aromatic carbocycles. The molecule has 6 rings (SSSR count). The molecule has 0 N–H and O–H groups in total. The fourth-order valence-electron chi connectivity index (χ4n) is 3.77. The van der Waals surface area contributed by atoms with E-state index in [4.69, 9.17) is 6.42 Å². The number of hydrogen-bond acceptors (Lipinski definition) is 4. The first-order valence-corrected chi connectivity index (χ1v) is 15.0. The Morgan fingerprint density at radius 1 is 0.551 bits per heavy atom. The van der Waals surface area contributed by atoms with Crippen LogP contribution < -0.4 is 9.47 Å². The number of rotatable bonds is 4. The summed E-state index contributed by atoms with van der Waals surface area (Å²) >= 11 is 2.05. The maximum Gasteiger partial charge on any atom is 0.573 e. The third-order valence-electron chi connectivity index (χ3n) is 5.86. The highest BCUT2D eigenvalue weighted by atomic mass is 127. The monoisotopic (exact) mass is 784 g/mol. The Hall–Kier alpha value is -5.67. The molecule has 6 aromatic rings. The average molecular weight is 784 g/mol. The third-order valence-corrected chi connectivity index (χ3v) is 6.44. The number of ether oxygens (including phenoxy) is 2. The van der Waals surface area contributed by atoms with Crippen LogP contribution in [0.5, 0.6) is 11.5 Å². The highest BCUT2D eigenvalue weighted by Crippen LogP contribution is 2.24. The zero-order valence-electron chi connectivity index (χ0n) is 25.0. The number of alkyl halides is 6. The second-order valence-electron chi connectivity index (χ2n) is 9.44. The molecule has 2 heterocycles. The third kappa shape index (κ3) is 12.8. The number of nitrogens with zero attached hydrogens (tertiary/aromatic N) is 4. The Morgan fingerprint density at radius 3 is 1.41 bits per heavy atom. The Morgan fingerprint density at radius 2 is 1.00 bits per heavy atom. The molecule has 0 aliphatic heterocycles. The molecular formula is C36H23F6IN4O2. The van der Waals surface area contributed by atoms with Crippen LogP contribution in [-0.4, -0.2) is 32.3 Å². The van der Waals surface area contributed by atoms with Gasteiger partial charge in [-0.15, -0.1) is 32.8 Å². The maximum absolute atomic E-state index is 12.1. The Labute approximate surface area is 291 Å². The molecule has 0 amide bonds. The molecule has 0 saturated carbocycles. The van der Waals surface area contributed by atoms with E-state index in [1.54, 1.807) is 29.2 Å². The second-order valence-corrected chi connectivity index (χ2v) is 10.5. The number of hydrogen-bond donors (Lipinski definition) is 0. The predicted molar refractivity (Wildman–Crippen MR) is 180 cm³/mol. The molecule has 6 nitrogen and oxygen atoms in total. The van der Waals surface area contributed by atoms with Gasteiger partial charge >= 0.3 is 12.7 Å². The molecule has 0 aliphatic rings. The normalized spacial score (nSPS) is 10.6. The van der Waals surface area contributed by atoms with Crippen LogP contribution >= 0.6 is 22.6 Å². The summed E-state index contributed by atoms with van der Waals surface area (Å²) in [5, 5.41) is 8.41. The van der Waals surface area contributed by atoms with E-state index in [2.05, 4.69) is 37.4 Å². The standard InChI is InChI=1S/C18H11F3N2O.C10H6F3IN2O.C8H6/c19-18(20,21)24-17-10-8-16(9-11-17)23-13-12-15(22-23)7-6-14-4-2-1-3-5-14;11-10(12,13)17-8-3-1-7(2-4-8)16-6-5-9(14)15-16;1-2-8-6-4-3-5-7-8/h1-5,8-13H;1-6H;1,3-7H. The van der Waals surface area contributed by atoms with Gasteiger partial charge in [-0.25, -0.2) is 9.36 Å². The molecule has 0 unspecified atom stereocenters. The topological polar surface area (TPSA) is 54.1 Å². The number of terminal acetylenes is 1. The van der Waals surface area contributed by atoms with Crippen molar-refractivity contribution in [1.82, 2.24) is 19.6 Å². The summed E-state index contributed by atoms with van der Waals surface area (Å²) in [6, 6.07) is 33.6. The van der Waals surface area contributed by atoms with Gasteiger partial charge in [0.1, 0.15) is 20.9 Å². The molecule has 49 heavy (non-hydrogen) atoms. The molecule has 0 saturated heterocycles. The number of benzene rings is 4. The van der Waals surface area contributed by atoms with Gasteiger partial charge < -0.3 is 9.47 Å². The molecule has 0 bridgehead atoms. The summed E-state index contributed by atoms with van der Waals surface area (Å²) in [5.74, 6) is 7.93. The lowest BCUT2D eigenvalue weighted by Crippen LogP contribution is -2.17. The van der Waals surface area contributed by atoms with Crippen LogP contribution in [0.1, 0.15) is 16.8 Å². The molecule has 13 heteroatoms. The number of halogens is 7. The maximum atomic E-state index is 12.1. The van der Waals surface area contributed by atoms with Gasteiger partial charge in [-0.1, -0.05) is 48.2 Å². The average Bonchev–Trinajstić information content (AvgIpc) is 3.74. The molecule has 0 radical (unpaired) electrons. The van der Waals surface area contributed by atoms with Gasteiger partial charge in [0, 0.05) is 23.5 Å². The second kappa shape index (κ2) is 16.9. The Bertz CT molecular complexity index is 2010. The van der Waals surface area contributed by atoms with Crippen molar-refractivity contribution in [3.8, 4) is 47.1 Å². The molecule has 0 aliphatic carbocycles. The molecule has 0 atom stereocenters. The van der Waals surface area contributed by atoms with Crippen LogP contribution in [0.4, 0.5) is 26.3 Å². The van der Waals surface area contributed by atoms with Crippen molar-refractivity contribution in [1.29, 1.82) is 0 Å². The SMILES string of the molecule is C#Cc1ccccc1.FC(F)(F)Oc1ccc(-n2ccc(C#Cc3ccccc3)n2)cc1.FC(F)(F)Oc1ccc(-n2ccc(I)n2)cc1. The van der Waals surface area contributed by atoms with E-state index in [9.17, 15) is 26.3 Å². The Kier molecular flexibility index (Phi) is 12.5. The van der Waals surface area contributed by atoms with Crippen LogP contribution in [0.15, 0.2) is 134 Å². The smallest absolute Gasteiger partial charge is 0.406 e. The van der Waals surface area contributed by atoms with E-state index in [1.807, 2.05) is 83.3 Å². The van der Waals surface area contributed by atoms with E-state index in [0.29, 0.717) is 17.1 Å². The number of aromatic nitrogens is 4. The van der Waals surface area contributed by atoms with E-state index in [0.717, 1.165) is 14.8 Å². The van der Waals surface area contributed by atoms with Crippen molar-refractivity contribution in [2.75, 3.05) is 0 Å². The van der Waals surface area contributed by atoms with Crippen LogP contribution in [-0.2, 0) is 0 Å². The minimum Gasteiger partial charge on any atom is -0.406 e. The predicted octanol–water partition coefficient (Wildman–Crippen LogP) is 9.21. The van der Waals surface area contributed by atoms with Crippen molar-refractivity contribution >= 4 is 22.6 Å². The summed E-state index contributed by atoms with van der Waals surface area (Å²) in [6.45, 7) is 0. The summed E-state index contributed by atoms with van der Waals surface area (Å²) in [7, 11) is 0. The van der Waals surface area contributed by atoms with Gasteiger partial charge in [-0.05, 0) is 113 Å². The van der Waals surface area contributed by atoms with Crippen molar-refractivity contribution in [3.63, 3.8) is 0 Å². The quantitative estimate of drug-likeness (QED) is 0.102. The van der Waals surface area contributed by atoms with Crippen molar-refractivity contribution < 1.29 is 35.8 Å². The van der Waals surface area contributed by atoms with Gasteiger partial charge in [0.05, 0.1) is 11.4 Å². The fraction of sp³-hybridized carbons (Fsp3) is 0.0556. The van der Waals surface area contributed by atoms with Crippen LogP contribution in [0.25, 0.3) is 11.4 Å². The largest absolute Gasteiger partial charge is 0.573 e. The van der Waals surface area contributed by atoms with Crippen molar-refractivity contribution in [2.24, 2.45) is 0 Å². The lowest BCUT2D eigenvalue weighted by Gasteiger charge is -2.09. The summed E-state index contributed by atoms with van der Waals surface area (Å²) in [4.78, 5) is 0. The molecule has 248 valence electrons. The van der Waals surface area contributed by atoms with Crippen molar-refractivity contribution in [3.05, 3.63) is 154 Å². The zero-order valence-corrected chi connectivity index (χ0v) is 27.2. The highest BCUT2D eigenvalue weighted by molar-refractivity contribution is 14.1. The lowest BCUT2D eigenvalue weighted by atomic mass is 10.2. The zero-order chi connectivity index (χ0) is 35.3. The van der Waals surface area contributed by atoms with E-state index in [-0.39, 0.29) is 11.5 Å². The first-order chi connectivity index (χ1) is 23.4. The van der Waals surface area contributed by atoms with Crippen LogP contribution in [0.3, 0.4) is 0 Å². The summed E-state index contributed by atoms with van der Waals surface area (Å²) in [5.41, 5.74) is 3.65. The first-order valence-electron chi connectivity index (χ1n) is 13.9. The van der Waals surface area contributed by atoms with Gasteiger partial charge in [0.2, 0.25) is 0 Å². The lowest BCUT2D eigenvalue weighted by molar-refractivity contribution is -0.275. The summed E-state index contributed by atoms with van der Waals surface area (Å²) < 4.78 is 83.7. The molecule has 2 aromatic heterocycles. The highest BCUT2D eigenvalue weighted by Gasteiger charge is 2.31. The first kappa shape index (κ1) is 36.2. The van der Waals surface area contributed by atoms with Gasteiger partial charge in [0.25, 0.3) is 0 Å². The van der Waals surface area contributed by atoms with Gasteiger partial charge in [0.15, 0.2) is 0 Å². The van der Waals surface area contributed by atoms with E-state index in [1.165, 1.54) is 53.2 Å². The van der Waals surface area contributed by atoms with Crippen LogP contribution in [0.2, 0.25) is 0 Å². The van der Waals surface area contributed by atoms with E-state index < -0.39 is 12.7 Å². The molecule has 0 spiro atoms. The molecular weight excluding hydrogens is 761 g/mol. The summed E-state index contributed by atoms with van der Waals surface area (Å²) in [6.07, 6.45) is -0.853. The Balaban J connectivity index is 0.000000187. The van der Waals surface area contributed by atoms with E-state index >= 15 is 0 Å². The molecule has 0 fully saturated rings. The minimum atomic E-state index is -4.70. The van der Waals surface area contributed by atoms with Crippen molar-refractivity contribution in [2.45, 2.75) is 12.7 Å². The van der Waals surface area contributed by atoms with Gasteiger partial charge in [-0.2, -0.15) is 10.2 Å².